The fraction of sp³-hybridized carbons (Fsp3) is 0.143. The molecule has 1 unspecified atom stereocenters. The van der Waals surface area contributed by atoms with E-state index < -0.39 is 0 Å². The highest BCUT2D eigenvalue weighted by molar-refractivity contribution is 7.19. The Balaban J connectivity index is 1.26. The van der Waals surface area contributed by atoms with Crippen molar-refractivity contribution in [2.45, 2.75) is 32.6 Å². The molecule has 2 aliphatic rings. The van der Waals surface area contributed by atoms with E-state index in [1.807, 2.05) is 53.8 Å². The zero-order chi connectivity index (χ0) is 31.4. The van der Waals surface area contributed by atoms with Gasteiger partial charge in [0.05, 0.1) is 40.0 Å². The Morgan fingerprint density at radius 2 is 1.54 bits per heavy atom. The number of rotatable bonds is 2. The molecule has 0 saturated carbocycles. The Bertz CT molecular complexity index is 2580. The standard InChI is InChI=1S/C42H29N3S/c1-41(2)33-12-6-4-11-30(33)34-21-32-29-17-16-26(20-38(29)46-39(32)22-42(34,41)3)40-27(24-44)9-8-14-37(40)45-35-13-7-5-10-28(35)31-19-25(23-43)15-18-36(31)45/h4-21H,22H2,1-3H3. The summed E-state index contributed by atoms with van der Waals surface area (Å²) in [6.07, 6.45) is 3.48. The number of thiophene rings is 1. The number of allylic oxidation sites excluding steroid dienone is 1. The van der Waals surface area contributed by atoms with Crippen LogP contribution >= 0.6 is 11.3 Å². The first-order chi connectivity index (χ1) is 22.3. The molecule has 0 saturated heterocycles. The third kappa shape index (κ3) is 3.40. The molecular formula is C42H29N3S. The number of benzene rings is 5. The molecule has 2 aliphatic carbocycles. The van der Waals surface area contributed by atoms with Crippen molar-refractivity contribution in [2.24, 2.45) is 5.41 Å². The van der Waals surface area contributed by atoms with Crippen LogP contribution in [-0.4, -0.2) is 4.57 Å². The molecule has 3 nitrogen and oxygen atoms in total. The van der Waals surface area contributed by atoms with Crippen LogP contribution in [0.3, 0.4) is 0 Å². The van der Waals surface area contributed by atoms with Crippen molar-refractivity contribution in [3.63, 3.8) is 0 Å². The molecule has 218 valence electrons. The van der Waals surface area contributed by atoms with Crippen LogP contribution in [0.15, 0.2) is 103 Å². The maximum atomic E-state index is 10.4. The Morgan fingerprint density at radius 3 is 2.39 bits per heavy atom. The van der Waals surface area contributed by atoms with Crippen LogP contribution in [0.1, 0.15) is 53.5 Å². The number of nitrogens with zero attached hydrogens (tertiary/aromatic N) is 3. The molecule has 0 spiro atoms. The average Bonchev–Trinajstić information content (AvgIpc) is 3.66. The van der Waals surface area contributed by atoms with Crippen LogP contribution < -0.4 is 0 Å². The summed E-state index contributed by atoms with van der Waals surface area (Å²) in [5, 5.41) is 23.4. The quantitative estimate of drug-likeness (QED) is 0.196. The number of fused-ring (bicyclic) bond motifs is 9. The molecule has 0 amide bonds. The maximum Gasteiger partial charge on any atom is 0.0998 e. The van der Waals surface area contributed by atoms with Crippen LogP contribution in [-0.2, 0) is 11.8 Å². The Labute approximate surface area is 271 Å². The summed E-state index contributed by atoms with van der Waals surface area (Å²) in [5.74, 6) is 0. The Morgan fingerprint density at radius 1 is 0.739 bits per heavy atom. The summed E-state index contributed by atoms with van der Waals surface area (Å²) in [5.41, 5.74) is 11.9. The number of hydrogen-bond donors (Lipinski definition) is 0. The second kappa shape index (κ2) is 9.30. The van der Waals surface area contributed by atoms with Crippen molar-refractivity contribution < 1.29 is 0 Å². The first-order valence-corrected chi connectivity index (χ1v) is 16.5. The fourth-order valence-electron chi connectivity index (χ4n) is 8.25. The minimum atomic E-state index is 0.0237. The van der Waals surface area contributed by atoms with Gasteiger partial charge in [0.1, 0.15) is 0 Å². The monoisotopic (exact) mass is 607 g/mol. The molecular weight excluding hydrogens is 579 g/mol. The van der Waals surface area contributed by atoms with Gasteiger partial charge in [0.25, 0.3) is 0 Å². The number of para-hydroxylation sites is 1. The molecule has 0 bridgehead atoms. The summed E-state index contributed by atoms with van der Waals surface area (Å²) < 4.78 is 3.49. The molecule has 0 N–H and O–H groups in total. The summed E-state index contributed by atoms with van der Waals surface area (Å²) >= 11 is 1.90. The van der Waals surface area contributed by atoms with E-state index >= 15 is 0 Å². The van der Waals surface area contributed by atoms with E-state index in [4.69, 9.17) is 0 Å². The van der Waals surface area contributed by atoms with E-state index in [1.54, 1.807) is 0 Å². The Kier molecular flexibility index (Phi) is 5.45. The molecule has 5 aromatic carbocycles. The molecule has 4 heteroatoms. The molecule has 46 heavy (non-hydrogen) atoms. The highest BCUT2D eigenvalue weighted by atomic mass is 32.1. The maximum absolute atomic E-state index is 10.4. The zero-order valence-corrected chi connectivity index (χ0v) is 26.7. The van der Waals surface area contributed by atoms with Crippen molar-refractivity contribution in [1.82, 2.24) is 4.57 Å². The van der Waals surface area contributed by atoms with Crippen LogP contribution in [0.2, 0.25) is 0 Å². The van der Waals surface area contributed by atoms with Gasteiger partial charge in [0.15, 0.2) is 0 Å². The van der Waals surface area contributed by atoms with E-state index in [1.165, 1.54) is 37.2 Å². The van der Waals surface area contributed by atoms with Crippen LogP contribution in [0.25, 0.3) is 60.4 Å². The third-order valence-corrected chi connectivity index (χ3v) is 12.1. The lowest BCUT2D eigenvalue weighted by Crippen LogP contribution is -2.37. The van der Waals surface area contributed by atoms with Gasteiger partial charge >= 0.3 is 0 Å². The Hall–Kier alpha value is -5.42. The van der Waals surface area contributed by atoms with E-state index in [0.717, 1.165) is 45.0 Å². The number of aromatic nitrogens is 1. The van der Waals surface area contributed by atoms with Gasteiger partial charge in [0, 0.05) is 42.1 Å². The van der Waals surface area contributed by atoms with Crippen molar-refractivity contribution in [1.29, 1.82) is 10.5 Å². The van der Waals surface area contributed by atoms with Gasteiger partial charge in [0.2, 0.25) is 0 Å². The number of hydrogen-bond acceptors (Lipinski definition) is 3. The van der Waals surface area contributed by atoms with Crippen LogP contribution in [0, 0.1) is 28.1 Å². The lowest BCUT2D eigenvalue weighted by molar-refractivity contribution is 0.269. The van der Waals surface area contributed by atoms with Gasteiger partial charge in [-0.1, -0.05) is 81.4 Å². The average molecular weight is 608 g/mol. The summed E-state index contributed by atoms with van der Waals surface area (Å²) in [7, 11) is 0. The van der Waals surface area contributed by atoms with E-state index in [9.17, 15) is 10.5 Å². The first-order valence-electron chi connectivity index (χ1n) is 15.7. The molecule has 2 heterocycles. The summed E-state index contributed by atoms with van der Waals surface area (Å²) in [4.78, 5) is 1.43. The van der Waals surface area contributed by atoms with Crippen LogP contribution in [0.4, 0.5) is 0 Å². The molecule has 0 aliphatic heterocycles. The predicted molar refractivity (Wildman–Crippen MR) is 190 cm³/mol. The normalized spacial score (nSPS) is 17.7. The van der Waals surface area contributed by atoms with Crippen molar-refractivity contribution in [3.05, 3.63) is 136 Å². The summed E-state index contributed by atoms with van der Waals surface area (Å²) in [6, 6.07) is 40.6. The molecule has 9 rings (SSSR count). The van der Waals surface area contributed by atoms with E-state index in [2.05, 4.69) is 104 Å². The summed E-state index contributed by atoms with van der Waals surface area (Å²) in [6.45, 7) is 7.25. The van der Waals surface area contributed by atoms with Gasteiger partial charge in [-0.15, -0.1) is 11.3 Å². The van der Waals surface area contributed by atoms with Crippen LogP contribution in [0.5, 0.6) is 0 Å². The van der Waals surface area contributed by atoms with Gasteiger partial charge in [-0.2, -0.15) is 10.5 Å². The van der Waals surface area contributed by atoms with Crippen molar-refractivity contribution >= 4 is 54.9 Å². The smallest absolute Gasteiger partial charge is 0.0998 e. The predicted octanol–water partition coefficient (Wildman–Crippen LogP) is 10.8. The fourth-order valence-corrected chi connectivity index (χ4v) is 9.63. The second-order valence-electron chi connectivity index (χ2n) is 13.4. The molecule has 0 radical (unpaired) electrons. The number of nitriles is 2. The topological polar surface area (TPSA) is 52.5 Å². The van der Waals surface area contributed by atoms with Gasteiger partial charge in [-0.3, -0.25) is 0 Å². The third-order valence-electron chi connectivity index (χ3n) is 11.0. The minimum absolute atomic E-state index is 0.0237. The molecule has 1 atom stereocenters. The highest BCUT2D eigenvalue weighted by Crippen LogP contribution is 2.63. The SMILES string of the molecule is CC12Cc3sc4cc(-c5c(C#N)cccc5-n5c6ccccc6c6cc(C#N)ccc65)ccc4c3C=C1c1ccccc1C2(C)C. The largest absolute Gasteiger partial charge is 0.309 e. The zero-order valence-electron chi connectivity index (χ0n) is 25.8. The van der Waals surface area contributed by atoms with Gasteiger partial charge < -0.3 is 4.57 Å². The molecule has 0 fully saturated rings. The van der Waals surface area contributed by atoms with Gasteiger partial charge in [-0.05, 0) is 82.8 Å². The lowest BCUT2D eigenvalue weighted by atomic mass is 9.62. The van der Waals surface area contributed by atoms with Crippen molar-refractivity contribution in [3.8, 4) is 29.0 Å². The highest BCUT2D eigenvalue weighted by Gasteiger charge is 2.53. The van der Waals surface area contributed by atoms with Gasteiger partial charge in [-0.25, -0.2) is 0 Å². The molecule has 2 aromatic heterocycles. The lowest BCUT2D eigenvalue weighted by Gasteiger charge is -2.42. The first kappa shape index (κ1) is 26.9. The van der Waals surface area contributed by atoms with E-state index in [-0.39, 0.29) is 10.8 Å². The molecule has 7 aromatic rings. The van der Waals surface area contributed by atoms with E-state index in [0.29, 0.717) is 11.1 Å². The second-order valence-corrected chi connectivity index (χ2v) is 14.5. The minimum Gasteiger partial charge on any atom is -0.309 e. The van der Waals surface area contributed by atoms with Crippen molar-refractivity contribution in [2.75, 3.05) is 0 Å².